The van der Waals surface area contributed by atoms with Crippen LogP contribution in [0.5, 0.6) is 0 Å². The van der Waals surface area contributed by atoms with Crippen LogP contribution in [0.4, 0.5) is 0 Å². The number of nitrogens with zero attached hydrogens (tertiary/aromatic N) is 3. The highest BCUT2D eigenvalue weighted by atomic mass is 15.2. The standard InChI is InChI=1S/C12H16N4/c1-10-4-11(7-15-6-10)9-16-3-2-14-8-12(16)5-13/h4,6-7,12,14H,2-3,8-9H2,1H3. The lowest BCUT2D eigenvalue weighted by Gasteiger charge is -2.31. The largest absolute Gasteiger partial charge is 0.313 e. The van der Waals surface area contributed by atoms with Gasteiger partial charge in [-0.25, -0.2) is 0 Å². The summed E-state index contributed by atoms with van der Waals surface area (Å²) in [5.74, 6) is 0. The van der Waals surface area contributed by atoms with Crippen molar-refractivity contribution in [2.75, 3.05) is 19.6 Å². The quantitative estimate of drug-likeness (QED) is 0.790. The van der Waals surface area contributed by atoms with Crippen LogP contribution in [-0.2, 0) is 6.54 Å². The Balaban J connectivity index is 2.05. The zero-order chi connectivity index (χ0) is 11.4. The summed E-state index contributed by atoms with van der Waals surface area (Å²) >= 11 is 0. The van der Waals surface area contributed by atoms with E-state index in [4.69, 9.17) is 5.26 Å². The van der Waals surface area contributed by atoms with Crippen molar-refractivity contribution in [3.8, 4) is 6.07 Å². The van der Waals surface area contributed by atoms with E-state index in [1.165, 1.54) is 11.1 Å². The first kappa shape index (κ1) is 11.1. The van der Waals surface area contributed by atoms with Crippen LogP contribution in [0.2, 0.25) is 0 Å². The number of aromatic nitrogens is 1. The van der Waals surface area contributed by atoms with Crippen LogP contribution in [0, 0.1) is 18.3 Å². The van der Waals surface area contributed by atoms with Crippen molar-refractivity contribution in [3.63, 3.8) is 0 Å². The topological polar surface area (TPSA) is 52.0 Å². The molecule has 0 aromatic carbocycles. The van der Waals surface area contributed by atoms with E-state index in [2.05, 4.69) is 27.3 Å². The van der Waals surface area contributed by atoms with E-state index in [0.29, 0.717) is 0 Å². The van der Waals surface area contributed by atoms with Crippen molar-refractivity contribution >= 4 is 0 Å². The Morgan fingerprint density at radius 3 is 3.25 bits per heavy atom. The third-order valence-corrected chi connectivity index (χ3v) is 2.82. The van der Waals surface area contributed by atoms with Crippen LogP contribution in [0.1, 0.15) is 11.1 Å². The van der Waals surface area contributed by atoms with Crippen molar-refractivity contribution in [1.29, 1.82) is 5.26 Å². The van der Waals surface area contributed by atoms with Gasteiger partial charge in [0.2, 0.25) is 0 Å². The fourth-order valence-electron chi connectivity index (χ4n) is 2.00. The van der Waals surface area contributed by atoms with Crippen LogP contribution in [-0.4, -0.2) is 35.6 Å². The van der Waals surface area contributed by atoms with Gasteiger partial charge in [0.05, 0.1) is 6.07 Å². The fraction of sp³-hybridized carbons (Fsp3) is 0.500. The van der Waals surface area contributed by atoms with E-state index >= 15 is 0 Å². The highest BCUT2D eigenvalue weighted by Crippen LogP contribution is 2.10. The molecule has 16 heavy (non-hydrogen) atoms. The van der Waals surface area contributed by atoms with Crippen molar-refractivity contribution in [2.45, 2.75) is 19.5 Å². The van der Waals surface area contributed by atoms with Gasteiger partial charge in [-0.2, -0.15) is 5.26 Å². The molecule has 1 fully saturated rings. The normalized spacial score (nSPS) is 21.6. The van der Waals surface area contributed by atoms with Crippen LogP contribution in [0.15, 0.2) is 18.5 Å². The second-order valence-electron chi connectivity index (χ2n) is 4.19. The van der Waals surface area contributed by atoms with E-state index in [1.807, 2.05) is 19.3 Å². The second-order valence-corrected chi connectivity index (χ2v) is 4.19. The van der Waals surface area contributed by atoms with Gasteiger partial charge in [-0.05, 0) is 18.1 Å². The summed E-state index contributed by atoms with van der Waals surface area (Å²) in [4.78, 5) is 6.38. The molecule has 1 aliphatic heterocycles. The molecule has 1 atom stereocenters. The van der Waals surface area contributed by atoms with E-state index in [-0.39, 0.29) is 6.04 Å². The van der Waals surface area contributed by atoms with Crippen LogP contribution in [0.3, 0.4) is 0 Å². The summed E-state index contributed by atoms with van der Waals surface area (Å²) in [6.45, 7) is 5.49. The molecule has 2 heterocycles. The summed E-state index contributed by atoms with van der Waals surface area (Å²) in [6.07, 6.45) is 3.73. The maximum Gasteiger partial charge on any atom is 0.111 e. The van der Waals surface area contributed by atoms with Gasteiger partial charge in [-0.15, -0.1) is 0 Å². The van der Waals surface area contributed by atoms with Crippen molar-refractivity contribution < 1.29 is 0 Å². The number of nitrogens with one attached hydrogen (secondary N) is 1. The molecule has 1 N–H and O–H groups in total. The Bertz CT molecular complexity index is 396. The second kappa shape index (κ2) is 5.06. The minimum atomic E-state index is -0.0192. The Hall–Kier alpha value is -1.44. The monoisotopic (exact) mass is 216 g/mol. The molecule has 0 saturated carbocycles. The summed E-state index contributed by atoms with van der Waals surface area (Å²) < 4.78 is 0. The predicted molar refractivity (Wildman–Crippen MR) is 61.7 cm³/mol. The summed E-state index contributed by atoms with van der Waals surface area (Å²) in [5, 5.41) is 12.3. The Morgan fingerprint density at radius 2 is 2.50 bits per heavy atom. The SMILES string of the molecule is Cc1cncc(CN2CCNCC2C#N)c1. The molecular formula is C12H16N4. The maximum absolute atomic E-state index is 9.05. The first-order valence-electron chi connectivity index (χ1n) is 5.54. The molecule has 2 rings (SSSR count). The first-order valence-corrected chi connectivity index (χ1v) is 5.54. The Kier molecular flexibility index (Phi) is 3.50. The molecular weight excluding hydrogens is 200 g/mol. The fourth-order valence-corrected chi connectivity index (χ4v) is 2.00. The highest BCUT2D eigenvalue weighted by molar-refractivity contribution is 5.17. The third kappa shape index (κ3) is 2.57. The van der Waals surface area contributed by atoms with Crippen molar-refractivity contribution in [3.05, 3.63) is 29.6 Å². The molecule has 0 bridgehead atoms. The van der Waals surface area contributed by atoms with Crippen LogP contribution >= 0.6 is 0 Å². The van der Waals surface area contributed by atoms with Crippen LogP contribution < -0.4 is 5.32 Å². The van der Waals surface area contributed by atoms with E-state index < -0.39 is 0 Å². The maximum atomic E-state index is 9.05. The third-order valence-electron chi connectivity index (χ3n) is 2.82. The molecule has 1 aromatic rings. The summed E-state index contributed by atoms with van der Waals surface area (Å²) in [5.41, 5.74) is 2.35. The number of pyridine rings is 1. The molecule has 1 saturated heterocycles. The smallest absolute Gasteiger partial charge is 0.111 e. The van der Waals surface area contributed by atoms with Gasteiger partial charge in [0.1, 0.15) is 6.04 Å². The van der Waals surface area contributed by atoms with Crippen molar-refractivity contribution in [1.82, 2.24) is 15.2 Å². The van der Waals surface area contributed by atoms with Gasteiger partial charge in [0.15, 0.2) is 0 Å². The zero-order valence-corrected chi connectivity index (χ0v) is 9.48. The van der Waals surface area contributed by atoms with Gasteiger partial charge in [-0.3, -0.25) is 9.88 Å². The molecule has 4 heteroatoms. The Labute approximate surface area is 95.9 Å². The average Bonchev–Trinajstić information content (AvgIpc) is 2.30. The lowest BCUT2D eigenvalue weighted by atomic mass is 10.1. The number of piperazine rings is 1. The van der Waals surface area contributed by atoms with Gasteiger partial charge in [-0.1, -0.05) is 6.07 Å². The van der Waals surface area contributed by atoms with Gasteiger partial charge in [0.25, 0.3) is 0 Å². The van der Waals surface area contributed by atoms with Crippen LogP contribution in [0.25, 0.3) is 0 Å². The number of hydrogen-bond donors (Lipinski definition) is 1. The van der Waals surface area contributed by atoms with E-state index in [9.17, 15) is 0 Å². The molecule has 4 nitrogen and oxygen atoms in total. The molecule has 0 amide bonds. The highest BCUT2D eigenvalue weighted by Gasteiger charge is 2.21. The number of aryl methyl sites for hydroxylation is 1. The summed E-state index contributed by atoms with van der Waals surface area (Å²) in [7, 11) is 0. The van der Waals surface area contributed by atoms with Gasteiger partial charge in [0, 0.05) is 38.6 Å². The molecule has 84 valence electrons. The molecule has 0 aliphatic carbocycles. The lowest BCUT2D eigenvalue weighted by Crippen LogP contribution is -2.49. The Morgan fingerprint density at radius 1 is 1.62 bits per heavy atom. The first-order chi connectivity index (χ1) is 7.79. The van der Waals surface area contributed by atoms with Gasteiger partial charge >= 0.3 is 0 Å². The van der Waals surface area contributed by atoms with Gasteiger partial charge < -0.3 is 5.32 Å². The average molecular weight is 216 g/mol. The van der Waals surface area contributed by atoms with E-state index in [1.54, 1.807) is 0 Å². The minimum Gasteiger partial charge on any atom is -0.313 e. The lowest BCUT2D eigenvalue weighted by molar-refractivity contribution is 0.189. The minimum absolute atomic E-state index is 0.0192. The number of rotatable bonds is 2. The number of nitriles is 1. The zero-order valence-electron chi connectivity index (χ0n) is 9.48. The molecule has 0 radical (unpaired) electrons. The number of hydrogen-bond acceptors (Lipinski definition) is 4. The summed E-state index contributed by atoms with van der Waals surface area (Å²) in [6, 6.07) is 4.44. The molecule has 1 unspecified atom stereocenters. The predicted octanol–water partition coefficient (Wildman–Crippen LogP) is 0.687. The molecule has 1 aromatic heterocycles. The van der Waals surface area contributed by atoms with Crippen molar-refractivity contribution in [2.24, 2.45) is 0 Å². The van der Waals surface area contributed by atoms with E-state index in [0.717, 1.165) is 26.2 Å². The molecule has 0 spiro atoms. The molecule has 1 aliphatic rings.